The first-order chi connectivity index (χ1) is 11.4. The molecule has 1 saturated heterocycles. The summed E-state index contributed by atoms with van der Waals surface area (Å²) >= 11 is 0. The van der Waals surface area contributed by atoms with Crippen LogP contribution >= 0.6 is 0 Å². The Kier molecular flexibility index (Phi) is 4.49. The van der Waals surface area contributed by atoms with Crippen molar-refractivity contribution in [1.82, 2.24) is 5.32 Å². The molecule has 1 aliphatic rings. The van der Waals surface area contributed by atoms with E-state index in [2.05, 4.69) is 5.32 Å². The highest BCUT2D eigenvalue weighted by Crippen LogP contribution is 2.25. The van der Waals surface area contributed by atoms with Gasteiger partial charge in [0.15, 0.2) is 9.84 Å². The van der Waals surface area contributed by atoms with E-state index in [1.165, 1.54) is 0 Å². The maximum absolute atomic E-state index is 12.4. The van der Waals surface area contributed by atoms with E-state index in [0.29, 0.717) is 6.42 Å². The maximum Gasteiger partial charge on any atom is 0.227 e. The number of carbonyl (C=O) groups is 1. The van der Waals surface area contributed by atoms with E-state index < -0.39 is 9.84 Å². The third-order valence-electron chi connectivity index (χ3n) is 4.54. The first-order valence-corrected chi connectivity index (χ1v) is 9.78. The van der Waals surface area contributed by atoms with Crippen LogP contribution in [0.3, 0.4) is 0 Å². The molecule has 1 heterocycles. The summed E-state index contributed by atoms with van der Waals surface area (Å²) in [7, 11) is -1.36. The SMILES string of the molecule is COc1ccc2cc([C@H](C)C(=O)N[C@@H]3CCS(=O)(=O)C3)ccc2c1. The van der Waals surface area contributed by atoms with Gasteiger partial charge in [0.25, 0.3) is 0 Å². The molecule has 0 spiro atoms. The van der Waals surface area contributed by atoms with Crippen molar-refractivity contribution in [1.29, 1.82) is 0 Å². The van der Waals surface area contributed by atoms with Crippen LogP contribution in [-0.4, -0.2) is 39.0 Å². The van der Waals surface area contributed by atoms with Gasteiger partial charge >= 0.3 is 0 Å². The van der Waals surface area contributed by atoms with E-state index in [1.54, 1.807) is 7.11 Å². The van der Waals surface area contributed by atoms with Gasteiger partial charge in [-0.2, -0.15) is 0 Å². The second-order valence-corrected chi connectivity index (χ2v) is 8.53. The number of rotatable bonds is 4. The molecule has 5 nitrogen and oxygen atoms in total. The van der Waals surface area contributed by atoms with Gasteiger partial charge in [-0.25, -0.2) is 8.42 Å². The highest BCUT2D eigenvalue weighted by molar-refractivity contribution is 7.91. The lowest BCUT2D eigenvalue weighted by atomic mass is 9.96. The van der Waals surface area contributed by atoms with E-state index in [0.717, 1.165) is 22.1 Å². The average Bonchev–Trinajstić information content (AvgIpc) is 2.91. The van der Waals surface area contributed by atoms with Crippen LogP contribution < -0.4 is 10.1 Å². The van der Waals surface area contributed by atoms with Gasteiger partial charge in [0, 0.05) is 6.04 Å². The fourth-order valence-corrected chi connectivity index (χ4v) is 4.70. The lowest BCUT2D eigenvalue weighted by Crippen LogP contribution is -2.38. The third kappa shape index (κ3) is 3.53. The molecule has 2 atom stereocenters. The Morgan fingerprint density at radius 3 is 2.58 bits per heavy atom. The van der Waals surface area contributed by atoms with Crippen molar-refractivity contribution in [2.75, 3.05) is 18.6 Å². The molecule has 3 rings (SSSR count). The molecule has 0 saturated carbocycles. The summed E-state index contributed by atoms with van der Waals surface area (Å²) in [4.78, 5) is 12.4. The van der Waals surface area contributed by atoms with Gasteiger partial charge in [-0.1, -0.05) is 24.3 Å². The fraction of sp³-hybridized carbons (Fsp3) is 0.389. The van der Waals surface area contributed by atoms with E-state index >= 15 is 0 Å². The zero-order chi connectivity index (χ0) is 17.3. The number of hydrogen-bond acceptors (Lipinski definition) is 4. The van der Waals surface area contributed by atoms with Gasteiger partial charge in [0.05, 0.1) is 24.5 Å². The van der Waals surface area contributed by atoms with Gasteiger partial charge in [-0.15, -0.1) is 0 Å². The summed E-state index contributed by atoms with van der Waals surface area (Å²) in [5.74, 6) is 0.529. The number of fused-ring (bicyclic) bond motifs is 1. The third-order valence-corrected chi connectivity index (χ3v) is 6.31. The Bertz CT molecular complexity index is 876. The van der Waals surface area contributed by atoms with E-state index in [1.807, 2.05) is 43.3 Å². The molecule has 0 aliphatic carbocycles. The van der Waals surface area contributed by atoms with Gasteiger partial charge < -0.3 is 10.1 Å². The molecule has 0 radical (unpaired) electrons. The van der Waals surface area contributed by atoms with Crippen molar-refractivity contribution in [3.05, 3.63) is 42.0 Å². The Labute approximate surface area is 141 Å². The number of nitrogens with one attached hydrogen (secondary N) is 1. The molecule has 24 heavy (non-hydrogen) atoms. The summed E-state index contributed by atoms with van der Waals surface area (Å²) in [6.45, 7) is 1.84. The highest BCUT2D eigenvalue weighted by atomic mass is 32.2. The molecule has 1 fully saturated rings. The smallest absolute Gasteiger partial charge is 0.227 e. The van der Waals surface area contributed by atoms with Crippen LogP contribution in [0.25, 0.3) is 10.8 Å². The molecule has 2 aromatic rings. The zero-order valence-electron chi connectivity index (χ0n) is 13.8. The van der Waals surface area contributed by atoms with Gasteiger partial charge in [-0.3, -0.25) is 4.79 Å². The van der Waals surface area contributed by atoms with Crippen molar-refractivity contribution in [3.8, 4) is 5.75 Å². The molecule has 2 aromatic carbocycles. The minimum Gasteiger partial charge on any atom is -0.497 e. The first-order valence-electron chi connectivity index (χ1n) is 7.96. The van der Waals surface area contributed by atoms with Crippen molar-refractivity contribution in [3.63, 3.8) is 0 Å². The minimum absolute atomic E-state index is 0.0446. The molecule has 1 amide bonds. The van der Waals surface area contributed by atoms with E-state index in [9.17, 15) is 13.2 Å². The number of amides is 1. The second-order valence-electron chi connectivity index (χ2n) is 6.30. The lowest BCUT2D eigenvalue weighted by molar-refractivity contribution is -0.122. The predicted molar refractivity (Wildman–Crippen MR) is 94.1 cm³/mol. The van der Waals surface area contributed by atoms with Gasteiger partial charge in [-0.05, 0) is 41.8 Å². The van der Waals surface area contributed by atoms with Crippen molar-refractivity contribution in [2.24, 2.45) is 0 Å². The number of sulfone groups is 1. The summed E-state index contributed by atoms with van der Waals surface area (Å²) in [6, 6.07) is 11.4. The van der Waals surface area contributed by atoms with Gasteiger partial charge in [0.1, 0.15) is 5.75 Å². The van der Waals surface area contributed by atoms with Crippen LogP contribution in [0.15, 0.2) is 36.4 Å². The lowest BCUT2D eigenvalue weighted by Gasteiger charge is -2.17. The molecule has 6 heteroatoms. The average molecular weight is 347 g/mol. The number of ether oxygens (including phenoxy) is 1. The van der Waals surface area contributed by atoms with Crippen molar-refractivity contribution < 1.29 is 17.9 Å². The zero-order valence-corrected chi connectivity index (χ0v) is 14.6. The van der Waals surface area contributed by atoms with Crippen LogP contribution in [0.1, 0.15) is 24.8 Å². The summed E-state index contributed by atoms with van der Waals surface area (Å²) in [6.07, 6.45) is 0.498. The van der Waals surface area contributed by atoms with E-state index in [4.69, 9.17) is 4.74 Å². The molecular formula is C18H21NO4S. The molecule has 128 valence electrons. The predicted octanol–water partition coefficient (Wildman–Crippen LogP) is 2.26. The number of methoxy groups -OCH3 is 1. The molecule has 0 aromatic heterocycles. The maximum atomic E-state index is 12.4. The van der Waals surface area contributed by atoms with Crippen LogP contribution in [0.2, 0.25) is 0 Å². The molecule has 0 unspecified atom stereocenters. The Balaban J connectivity index is 1.75. The summed E-state index contributed by atoms with van der Waals surface area (Å²) < 4.78 is 28.2. The van der Waals surface area contributed by atoms with E-state index in [-0.39, 0.29) is 29.4 Å². The Morgan fingerprint density at radius 2 is 1.92 bits per heavy atom. The molecule has 1 N–H and O–H groups in total. The quantitative estimate of drug-likeness (QED) is 0.921. The van der Waals surface area contributed by atoms with Gasteiger partial charge in [0.2, 0.25) is 5.91 Å². The monoisotopic (exact) mass is 347 g/mol. The normalized spacial score (nSPS) is 20.7. The Hall–Kier alpha value is -2.08. The van der Waals surface area contributed by atoms with Crippen LogP contribution in [0.4, 0.5) is 0 Å². The number of carbonyl (C=O) groups excluding carboxylic acids is 1. The molecule has 0 bridgehead atoms. The fourth-order valence-electron chi connectivity index (χ4n) is 3.03. The molecular weight excluding hydrogens is 326 g/mol. The Morgan fingerprint density at radius 1 is 1.21 bits per heavy atom. The van der Waals surface area contributed by atoms with Crippen molar-refractivity contribution in [2.45, 2.75) is 25.3 Å². The number of hydrogen-bond donors (Lipinski definition) is 1. The number of benzene rings is 2. The molecule has 1 aliphatic heterocycles. The summed E-state index contributed by atoms with van der Waals surface area (Å²) in [5, 5.41) is 4.95. The first kappa shape index (κ1) is 16.8. The summed E-state index contributed by atoms with van der Waals surface area (Å²) in [5.41, 5.74) is 0.908. The van der Waals surface area contributed by atoms with Crippen LogP contribution in [-0.2, 0) is 14.6 Å². The largest absolute Gasteiger partial charge is 0.497 e. The van der Waals surface area contributed by atoms with Crippen molar-refractivity contribution >= 4 is 26.5 Å². The standard InChI is InChI=1S/C18H21NO4S/c1-12(18(20)19-16-7-8-24(21,22)11-16)13-3-4-15-10-17(23-2)6-5-14(15)9-13/h3-6,9-10,12,16H,7-8,11H2,1-2H3,(H,19,20)/t12-,16+/m0/s1. The second kappa shape index (κ2) is 6.43. The minimum atomic E-state index is -2.99. The topological polar surface area (TPSA) is 72.5 Å². The van der Waals surface area contributed by atoms with Crippen LogP contribution in [0, 0.1) is 0 Å². The highest BCUT2D eigenvalue weighted by Gasteiger charge is 2.30. The van der Waals surface area contributed by atoms with Crippen LogP contribution in [0.5, 0.6) is 5.75 Å².